The second kappa shape index (κ2) is 8.78. The van der Waals surface area contributed by atoms with Crippen molar-refractivity contribution in [1.29, 1.82) is 0 Å². The smallest absolute Gasteiger partial charge is 0.320 e. The molecule has 0 bridgehead atoms. The normalized spacial score (nSPS) is 15.7. The van der Waals surface area contributed by atoms with Gasteiger partial charge in [-0.3, -0.25) is 10.1 Å². The first-order chi connectivity index (χ1) is 14.5. The zero-order valence-corrected chi connectivity index (χ0v) is 17.7. The lowest BCUT2D eigenvalue weighted by atomic mass is 10.1. The fourth-order valence-electron chi connectivity index (χ4n) is 2.97. The van der Waals surface area contributed by atoms with Crippen LogP contribution in [0.15, 0.2) is 29.6 Å². The number of anilines is 3. The molecule has 1 aliphatic rings. The fraction of sp³-hybridized carbons (Fsp3) is 0.263. The summed E-state index contributed by atoms with van der Waals surface area (Å²) in [6, 6.07) is 7.14. The van der Waals surface area contributed by atoms with Crippen LogP contribution in [0.5, 0.6) is 0 Å². The Hall–Kier alpha value is -3.02. The summed E-state index contributed by atoms with van der Waals surface area (Å²) in [5.74, 6) is 0.182. The zero-order valence-electron chi connectivity index (χ0n) is 16.1. The van der Waals surface area contributed by atoms with Crippen LogP contribution in [0.2, 0.25) is 0 Å². The average Bonchev–Trinajstić information content (AvgIpc) is 3.49. The Kier molecular flexibility index (Phi) is 5.93. The van der Waals surface area contributed by atoms with Crippen molar-refractivity contribution in [3.8, 4) is 21.1 Å². The molecule has 3 aromatic rings. The lowest BCUT2D eigenvalue weighted by Gasteiger charge is -2.11. The van der Waals surface area contributed by atoms with E-state index in [9.17, 15) is 9.59 Å². The van der Waals surface area contributed by atoms with Gasteiger partial charge < -0.3 is 21.1 Å². The van der Waals surface area contributed by atoms with E-state index in [1.165, 1.54) is 29.7 Å². The van der Waals surface area contributed by atoms with Gasteiger partial charge in [-0.05, 0) is 25.0 Å². The van der Waals surface area contributed by atoms with Crippen molar-refractivity contribution >= 4 is 51.2 Å². The molecule has 30 heavy (non-hydrogen) atoms. The van der Waals surface area contributed by atoms with Crippen LogP contribution in [0.3, 0.4) is 0 Å². The Morgan fingerprint density at radius 2 is 2.13 bits per heavy atom. The quantitative estimate of drug-likeness (QED) is 0.477. The number of nitrogens with zero attached hydrogens (tertiary/aromatic N) is 2. The van der Waals surface area contributed by atoms with E-state index in [0.29, 0.717) is 33.1 Å². The SMILES string of the molecule is CNC(=O)Nc1nc(N)c(-c2nc(-c3cccc(NC(=O)C4CCCO4)c3)cs2)s1. The van der Waals surface area contributed by atoms with Gasteiger partial charge >= 0.3 is 6.03 Å². The minimum absolute atomic E-state index is 0.128. The maximum absolute atomic E-state index is 12.3. The molecule has 1 aromatic carbocycles. The molecule has 3 amide bonds. The van der Waals surface area contributed by atoms with Gasteiger partial charge in [0.05, 0.1) is 5.69 Å². The third-order valence-corrected chi connectivity index (χ3v) is 6.43. The van der Waals surface area contributed by atoms with E-state index < -0.39 is 0 Å². The molecule has 0 spiro atoms. The number of ether oxygens (including phenoxy) is 1. The summed E-state index contributed by atoms with van der Waals surface area (Å²) in [6.07, 6.45) is 1.26. The van der Waals surface area contributed by atoms with Crippen molar-refractivity contribution in [3.05, 3.63) is 29.6 Å². The summed E-state index contributed by atoms with van der Waals surface area (Å²) >= 11 is 2.69. The largest absolute Gasteiger partial charge is 0.382 e. The predicted octanol–water partition coefficient (Wildman–Crippen LogP) is 3.38. The average molecular weight is 445 g/mol. The third-order valence-electron chi connectivity index (χ3n) is 4.45. The number of nitrogens with two attached hydrogens (primary N) is 1. The number of urea groups is 1. The summed E-state index contributed by atoms with van der Waals surface area (Å²) in [7, 11) is 1.53. The summed E-state index contributed by atoms with van der Waals surface area (Å²) in [6.45, 7) is 0.626. The number of nitrogen functional groups attached to an aromatic ring is 1. The first-order valence-electron chi connectivity index (χ1n) is 9.27. The van der Waals surface area contributed by atoms with Gasteiger partial charge in [-0.1, -0.05) is 23.5 Å². The number of aromatic nitrogens is 2. The summed E-state index contributed by atoms with van der Waals surface area (Å²) in [5.41, 5.74) is 8.33. The molecular weight excluding hydrogens is 424 g/mol. The van der Waals surface area contributed by atoms with Gasteiger partial charge in [0.25, 0.3) is 5.91 Å². The van der Waals surface area contributed by atoms with Crippen LogP contribution in [-0.4, -0.2) is 41.7 Å². The van der Waals surface area contributed by atoms with Gasteiger partial charge in [0.15, 0.2) is 5.13 Å². The number of benzene rings is 1. The molecule has 5 N–H and O–H groups in total. The highest BCUT2D eigenvalue weighted by Crippen LogP contribution is 2.38. The molecular formula is C19H20N6O3S2. The first-order valence-corrected chi connectivity index (χ1v) is 11.0. The van der Waals surface area contributed by atoms with Gasteiger partial charge in [-0.2, -0.15) is 0 Å². The fourth-order valence-corrected chi connectivity index (χ4v) is 4.78. The van der Waals surface area contributed by atoms with Crippen LogP contribution in [0.1, 0.15) is 12.8 Å². The molecule has 1 unspecified atom stereocenters. The van der Waals surface area contributed by atoms with Crippen molar-refractivity contribution in [1.82, 2.24) is 15.3 Å². The zero-order chi connectivity index (χ0) is 21.1. The molecule has 1 aliphatic heterocycles. The number of nitrogens with one attached hydrogen (secondary N) is 3. The third kappa shape index (κ3) is 4.42. The van der Waals surface area contributed by atoms with Gasteiger partial charge in [-0.15, -0.1) is 11.3 Å². The van der Waals surface area contributed by atoms with Crippen LogP contribution in [0.25, 0.3) is 21.1 Å². The maximum Gasteiger partial charge on any atom is 0.320 e. The summed E-state index contributed by atoms with van der Waals surface area (Å²) in [4.78, 5) is 33.3. The van der Waals surface area contributed by atoms with Crippen molar-refractivity contribution in [3.63, 3.8) is 0 Å². The molecule has 11 heteroatoms. The van der Waals surface area contributed by atoms with E-state index in [-0.39, 0.29) is 18.0 Å². The number of hydrogen-bond donors (Lipinski definition) is 4. The predicted molar refractivity (Wildman–Crippen MR) is 119 cm³/mol. The Morgan fingerprint density at radius 1 is 1.27 bits per heavy atom. The Labute approximate surface area is 180 Å². The van der Waals surface area contributed by atoms with E-state index in [2.05, 4.69) is 25.9 Å². The highest BCUT2D eigenvalue weighted by Gasteiger charge is 2.23. The number of amides is 3. The second-order valence-electron chi connectivity index (χ2n) is 6.55. The van der Waals surface area contributed by atoms with Gasteiger partial charge in [0.1, 0.15) is 21.8 Å². The number of hydrogen-bond acceptors (Lipinski definition) is 8. The van der Waals surface area contributed by atoms with Crippen LogP contribution in [0, 0.1) is 0 Å². The lowest BCUT2D eigenvalue weighted by Crippen LogP contribution is -2.26. The molecule has 3 heterocycles. The van der Waals surface area contributed by atoms with Crippen LogP contribution < -0.4 is 21.7 Å². The lowest BCUT2D eigenvalue weighted by molar-refractivity contribution is -0.124. The summed E-state index contributed by atoms with van der Waals surface area (Å²) in [5, 5.41) is 11.0. The van der Waals surface area contributed by atoms with E-state index >= 15 is 0 Å². The minimum Gasteiger partial charge on any atom is -0.382 e. The molecule has 0 saturated carbocycles. The number of carbonyl (C=O) groups is 2. The Balaban J connectivity index is 1.51. The topological polar surface area (TPSA) is 131 Å². The van der Waals surface area contributed by atoms with Crippen molar-refractivity contribution < 1.29 is 14.3 Å². The Bertz CT molecular complexity index is 1070. The van der Waals surface area contributed by atoms with Crippen LogP contribution >= 0.6 is 22.7 Å². The summed E-state index contributed by atoms with van der Waals surface area (Å²) < 4.78 is 5.43. The molecule has 1 atom stereocenters. The van der Waals surface area contributed by atoms with Crippen LogP contribution in [-0.2, 0) is 9.53 Å². The molecule has 1 fully saturated rings. The highest BCUT2D eigenvalue weighted by molar-refractivity contribution is 7.23. The van der Waals surface area contributed by atoms with Crippen LogP contribution in [0.4, 0.5) is 21.4 Å². The molecule has 0 radical (unpaired) electrons. The van der Waals surface area contributed by atoms with E-state index in [1.54, 1.807) is 0 Å². The molecule has 0 aliphatic carbocycles. The van der Waals surface area contributed by atoms with Crippen molar-refractivity contribution in [2.24, 2.45) is 0 Å². The standard InChI is InChI=1S/C19H20N6O3S2/c1-21-18(27)25-19-24-15(20)14(30-19)17-23-12(9-29-17)10-4-2-5-11(8-10)22-16(26)13-6-3-7-28-13/h2,4-5,8-9,13H,3,6-7,20H2,1H3,(H,22,26)(H2,21,24,25,27). The Morgan fingerprint density at radius 3 is 2.90 bits per heavy atom. The number of rotatable bonds is 5. The highest BCUT2D eigenvalue weighted by atomic mass is 32.1. The van der Waals surface area contributed by atoms with E-state index in [1.807, 2.05) is 29.6 Å². The van der Waals surface area contributed by atoms with Crippen molar-refractivity contribution in [2.75, 3.05) is 30.0 Å². The minimum atomic E-state index is -0.383. The second-order valence-corrected chi connectivity index (χ2v) is 8.40. The number of carbonyl (C=O) groups excluding carboxylic acids is 2. The molecule has 9 nitrogen and oxygen atoms in total. The monoisotopic (exact) mass is 444 g/mol. The van der Waals surface area contributed by atoms with E-state index in [0.717, 1.165) is 24.1 Å². The first kappa shape index (κ1) is 20.3. The number of thiazole rings is 2. The molecule has 1 saturated heterocycles. The van der Waals surface area contributed by atoms with Gasteiger partial charge in [0, 0.05) is 30.3 Å². The molecule has 2 aromatic heterocycles. The van der Waals surface area contributed by atoms with Gasteiger partial charge in [-0.25, -0.2) is 14.8 Å². The van der Waals surface area contributed by atoms with Gasteiger partial charge in [0.2, 0.25) is 0 Å². The van der Waals surface area contributed by atoms with Crippen molar-refractivity contribution in [2.45, 2.75) is 18.9 Å². The van der Waals surface area contributed by atoms with E-state index in [4.69, 9.17) is 10.5 Å². The molecule has 156 valence electrons. The molecule has 4 rings (SSSR count). The maximum atomic E-state index is 12.3.